The Balaban J connectivity index is 2.48. The molecule has 0 saturated carbocycles. The number of para-hydroxylation sites is 1. The van der Waals surface area contributed by atoms with Gasteiger partial charge in [0.05, 0.1) is 0 Å². The van der Waals surface area contributed by atoms with Gasteiger partial charge in [-0.25, -0.2) is 0 Å². The zero-order chi connectivity index (χ0) is 14.0. The van der Waals surface area contributed by atoms with E-state index in [1.165, 1.54) is 0 Å². The Labute approximate surface area is 114 Å². The lowest BCUT2D eigenvalue weighted by Crippen LogP contribution is -2.14. The highest BCUT2D eigenvalue weighted by molar-refractivity contribution is 5.47. The number of rotatable bonds is 2. The standard InChI is InChI=1S/C17H20O2/c1-17(2,3)14-8-6-10-16(19)13(14)11-12-7-4-5-9-15(12)18/h4-10,18-19H,11H2,1-3H3. The van der Waals surface area contributed by atoms with E-state index >= 15 is 0 Å². The molecule has 2 N–H and O–H groups in total. The molecule has 100 valence electrons. The Bertz CT molecular complexity index is 580. The molecule has 0 aromatic heterocycles. The van der Waals surface area contributed by atoms with Crippen molar-refractivity contribution in [3.05, 3.63) is 59.2 Å². The smallest absolute Gasteiger partial charge is 0.119 e. The summed E-state index contributed by atoms with van der Waals surface area (Å²) in [7, 11) is 0. The normalized spacial score (nSPS) is 11.5. The third-order valence-corrected chi connectivity index (χ3v) is 3.32. The summed E-state index contributed by atoms with van der Waals surface area (Å²) in [5.74, 6) is 0.557. The summed E-state index contributed by atoms with van der Waals surface area (Å²) in [6.45, 7) is 6.36. The quantitative estimate of drug-likeness (QED) is 0.853. The molecule has 0 radical (unpaired) electrons. The van der Waals surface area contributed by atoms with Crippen LogP contribution in [0.1, 0.15) is 37.5 Å². The molecule has 0 bridgehead atoms. The second-order valence-corrected chi connectivity index (χ2v) is 5.86. The highest BCUT2D eigenvalue weighted by atomic mass is 16.3. The highest BCUT2D eigenvalue weighted by Crippen LogP contribution is 2.34. The molecule has 0 aliphatic carbocycles. The van der Waals surface area contributed by atoms with E-state index in [2.05, 4.69) is 20.8 Å². The molecule has 0 saturated heterocycles. The Morgan fingerprint density at radius 3 is 2.11 bits per heavy atom. The van der Waals surface area contributed by atoms with E-state index in [1.54, 1.807) is 18.2 Å². The van der Waals surface area contributed by atoms with Crippen molar-refractivity contribution >= 4 is 0 Å². The van der Waals surface area contributed by atoms with E-state index in [0.717, 1.165) is 16.7 Å². The van der Waals surface area contributed by atoms with Crippen LogP contribution in [0.15, 0.2) is 42.5 Å². The van der Waals surface area contributed by atoms with Gasteiger partial charge in [-0.1, -0.05) is 51.1 Å². The number of phenolic OH excluding ortho intramolecular Hbond substituents is 2. The largest absolute Gasteiger partial charge is 0.508 e. The van der Waals surface area contributed by atoms with Gasteiger partial charge >= 0.3 is 0 Å². The monoisotopic (exact) mass is 256 g/mol. The van der Waals surface area contributed by atoms with Gasteiger partial charge in [0.25, 0.3) is 0 Å². The van der Waals surface area contributed by atoms with E-state index in [-0.39, 0.29) is 16.9 Å². The van der Waals surface area contributed by atoms with Crippen LogP contribution in [0, 0.1) is 0 Å². The molecule has 2 aromatic carbocycles. The maximum absolute atomic E-state index is 10.1. The molecule has 2 nitrogen and oxygen atoms in total. The van der Waals surface area contributed by atoms with Crippen molar-refractivity contribution in [3.63, 3.8) is 0 Å². The van der Waals surface area contributed by atoms with Gasteiger partial charge in [0, 0.05) is 12.0 Å². The molecule has 2 rings (SSSR count). The molecule has 0 heterocycles. The highest BCUT2D eigenvalue weighted by Gasteiger charge is 2.20. The average Bonchev–Trinajstić information content (AvgIpc) is 2.33. The molecule has 2 aromatic rings. The lowest BCUT2D eigenvalue weighted by Gasteiger charge is -2.24. The molecule has 0 atom stereocenters. The molecule has 2 heteroatoms. The summed E-state index contributed by atoms with van der Waals surface area (Å²) in [6.07, 6.45) is 0.534. The van der Waals surface area contributed by atoms with Gasteiger partial charge in [-0.3, -0.25) is 0 Å². The molecule has 0 fully saturated rings. The Kier molecular flexibility index (Phi) is 3.52. The predicted octanol–water partition coefficient (Wildman–Crippen LogP) is 3.99. The minimum atomic E-state index is -0.0432. The lowest BCUT2D eigenvalue weighted by atomic mass is 9.82. The van der Waals surface area contributed by atoms with Crippen molar-refractivity contribution in [2.24, 2.45) is 0 Å². The molecule has 0 spiro atoms. The Morgan fingerprint density at radius 2 is 1.47 bits per heavy atom. The SMILES string of the molecule is CC(C)(C)c1cccc(O)c1Cc1ccccc1O. The van der Waals surface area contributed by atoms with Crippen molar-refractivity contribution in [2.45, 2.75) is 32.6 Å². The van der Waals surface area contributed by atoms with Crippen molar-refractivity contribution in [3.8, 4) is 11.5 Å². The fraction of sp³-hybridized carbons (Fsp3) is 0.294. The second kappa shape index (κ2) is 4.96. The van der Waals surface area contributed by atoms with E-state index in [1.807, 2.05) is 24.3 Å². The average molecular weight is 256 g/mol. The summed E-state index contributed by atoms with van der Waals surface area (Å²) in [6, 6.07) is 12.9. The third-order valence-electron chi connectivity index (χ3n) is 3.32. The molecular weight excluding hydrogens is 236 g/mol. The van der Waals surface area contributed by atoms with Gasteiger partial charge in [0.1, 0.15) is 11.5 Å². The van der Waals surface area contributed by atoms with Crippen molar-refractivity contribution < 1.29 is 10.2 Å². The number of aromatic hydroxyl groups is 2. The Hall–Kier alpha value is -1.96. The first-order chi connectivity index (χ1) is 8.89. The van der Waals surface area contributed by atoms with Crippen LogP contribution in [-0.2, 0) is 11.8 Å². The van der Waals surface area contributed by atoms with E-state index < -0.39 is 0 Å². The van der Waals surface area contributed by atoms with Gasteiger partial charge in [0.2, 0.25) is 0 Å². The van der Waals surface area contributed by atoms with Crippen LogP contribution < -0.4 is 0 Å². The first-order valence-electron chi connectivity index (χ1n) is 6.48. The minimum absolute atomic E-state index is 0.0432. The van der Waals surface area contributed by atoms with E-state index in [0.29, 0.717) is 6.42 Å². The number of hydrogen-bond acceptors (Lipinski definition) is 2. The van der Waals surface area contributed by atoms with Crippen LogP contribution in [0.25, 0.3) is 0 Å². The van der Waals surface area contributed by atoms with Crippen molar-refractivity contribution in [1.82, 2.24) is 0 Å². The minimum Gasteiger partial charge on any atom is -0.508 e. The van der Waals surface area contributed by atoms with E-state index in [4.69, 9.17) is 0 Å². The molecule has 19 heavy (non-hydrogen) atoms. The lowest BCUT2D eigenvalue weighted by molar-refractivity contribution is 0.458. The first-order valence-corrected chi connectivity index (χ1v) is 6.48. The second-order valence-electron chi connectivity index (χ2n) is 5.86. The molecule has 0 aliphatic heterocycles. The van der Waals surface area contributed by atoms with Gasteiger partial charge < -0.3 is 10.2 Å². The Morgan fingerprint density at radius 1 is 0.842 bits per heavy atom. The van der Waals surface area contributed by atoms with Crippen LogP contribution in [0.4, 0.5) is 0 Å². The maximum atomic E-state index is 10.1. The van der Waals surface area contributed by atoms with Gasteiger partial charge in [0.15, 0.2) is 0 Å². The number of hydrogen-bond donors (Lipinski definition) is 2. The van der Waals surface area contributed by atoms with Crippen LogP contribution in [0.5, 0.6) is 11.5 Å². The third kappa shape index (κ3) is 2.90. The summed E-state index contributed by atoms with van der Waals surface area (Å²) >= 11 is 0. The zero-order valence-electron chi connectivity index (χ0n) is 11.6. The summed E-state index contributed by atoms with van der Waals surface area (Å²) < 4.78 is 0. The van der Waals surface area contributed by atoms with Crippen LogP contribution in [0.3, 0.4) is 0 Å². The molecular formula is C17H20O2. The van der Waals surface area contributed by atoms with Crippen molar-refractivity contribution in [2.75, 3.05) is 0 Å². The van der Waals surface area contributed by atoms with Gasteiger partial charge in [-0.15, -0.1) is 0 Å². The van der Waals surface area contributed by atoms with E-state index in [9.17, 15) is 10.2 Å². The fourth-order valence-corrected chi connectivity index (χ4v) is 2.31. The van der Waals surface area contributed by atoms with Crippen molar-refractivity contribution in [1.29, 1.82) is 0 Å². The summed E-state index contributed by atoms with van der Waals surface area (Å²) in [4.78, 5) is 0. The number of benzene rings is 2. The summed E-state index contributed by atoms with van der Waals surface area (Å²) in [5, 5.41) is 20.0. The predicted molar refractivity (Wildman–Crippen MR) is 77.7 cm³/mol. The van der Waals surface area contributed by atoms with Gasteiger partial charge in [-0.2, -0.15) is 0 Å². The molecule has 0 unspecified atom stereocenters. The maximum Gasteiger partial charge on any atom is 0.119 e. The van der Waals surface area contributed by atoms with Crippen LogP contribution in [0.2, 0.25) is 0 Å². The molecule has 0 amide bonds. The first kappa shape index (κ1) is 13.5. The fourth-order valence-electron chi connectivity index (χ4n) is 2.31. The zero-order valence-corrected chi connectivity index (χ0v) is 11.6. The van der Waals surface area contributed by atoms with Gasteiger partial charge in [-0.05, 0) is 28.7 Å². The van der Waals surface area contributed by atoms with Crippen LogP contribution >= 0.6 is 0 Å². The summed E-state index contributed by atoms with van der Waals surface area (Å²) in [5.41, 5.74) is 2.78. The van der Waals surface area contributed by atoms with Crippen LogP contribution in [-0.4, -0.2) is 10.2 Å². The number of phenols is 2. The molecule has 0 aliphatic rings. The topological polar surface area (TPSA) is 40.5 Å².